The van der Waals surface area contributed by atoms with E-state index >= 15 is 0 Å². The molecule has 2 heteroatoms. The maximum absolute atomic E-state index is 10.2. The molecule has 1 unspecified atom stereocenters. The van der Waals surface area contributed by atoms with Gasteiger partial charge in [-0.05, 0) is 18.6 Å². The average molecular weight is 216 g/mol. The second-order valence-corrected chi connectivity index (χ2v) is 3.97. The summed E-state index contributed by atoms with van der Waals surface area (Å²) in [7, 11) is 0. The van der Waals surface area contributed by atoms with Gasteiger partial charge >= 0.3 is 0 Å². The largest absolute Gasteiger partial charge is 0.469 e. The van der Waals surface area contributed by atoms with Crippen LogP contribution in [0.15, 0.2) is 41.0 Å². The zero-order valence-corrected chi connectivity index (χ0v) is 9.60. The second kappa shape index (κ2) is 4.54. The van der Waals surface area contributed by atoms with E-state index < -0.39 is 6.10 Å². The number of rotatable bonds is 3. The van der Waals surface area contributed by atoms with Gasteiger partial charge in [-0.1, -0.05) is 36.8 Å². The van der Waals surface area contributed by atoms with Gasteiger partial charge < -0.3 is 9.52 Å². The van der Waals surface area contributed by atoms with Crippen molar-refractivity contribution >= 4 is 0 Å². The standard InChI is InChI=1S/C14H16O2/c1-3-13-12(8-9-16-13)14(15)11-6-4-10(2)5-7-11/h4-9,14-15H,3H2,1-2H3. The molecule has 2 rings (SSSR count). The van der Waals surface area contributed by atoms with Gasteiger partial charge in [-0.3, -0.25) is 0 Å². The molecule has 0 amide bonds. The third kappa shape index (κ3) is 2.02. The van der Waals surface area contributed by atoms with Crippen molar-refractivity contribution in [3.8, 4) is 0 Å². The van der Waals surface area contributed by atoms with Gasteiger partial charge in [0.15, 0.2) is 0 Å². The van der Waals surface area contributed by atoms with Crippen molar-refractivity contribution in [2.45, 2.75) is 26.4 Å². The van der Waals surface area contributed by atoms with E-state index in [4.69, 9.17) is 4.42 Å². The number of aryl methyl sites for hydroxylation is 2. The van der Waals surface area contributed by atoms with E-state index in [1.807, 2.05) is 44.2 Å². The molecule has 0 spiro atoms. The predicted molar refractivity (Wildman–Crippen MR) is 63.3 cm³/mol. The zero-order chi connectivity index (χ0) is 11.5. The van der Waals surface area contributed by atoms with E-state index in [0.717, 1.165) is 23.3 Å². The number of furan rings is 1. The van der Waals surface area contributed by atoms with Gasteiger partial charge in [0.05, 0.1) is 6.26 Å². The Morgan fingerprint density at radius 1 is 1.19 bits per heavy atom. The molecule has 0 bridgehead atoms. The molecule has 2 aromatic rings. The molecule has 0 saturated heterocycles. The Morgan fingerprint density at radius 3 is 2.50 bits per heavy atom. The molecular formula is C14H16O2. The molecule has 1 atom stereocenters. The number of aliphatic hydroxyl groups excluding tert-OH is 1. The Balaban J connectivity index is 2.31. The molecule has 2 nitrogen and oxygen atoms in total. The highest BCUT2D eigenvalue weighted by Crippen LogP contribution is 2.26. The lowest BCUT2D eigenvalue weighted by Gasteiger charge is -2.10. The first-order valence-electron chi connectivity index (χ1n) is 5.53. The summed E-state index contributed by atoms with van der Waals surface area (Å²) < 4.78 is 5.32. The molecule has 1 heterocycles. The van der Waals surface area contributed by atoms with Gasteiger partial charge in [-0.15, -0.1) is 0 Å². The number of hydrogen-bond donors (Lipinski definition) is 1. The minimum atomic E-state index is -0.589. The summed E-state index contributed by atoms with van der Waals surface area (Å²) in [6.45, 7) is 4.05. The topological polar surface area (TPSA) is 33.4 Å². The fourth-order valence-corrected chi connectivity index (χ4v) is 1.81. The number of hydrogen-bond acceptors (Lipinski definition) is 2. The molecule has 1 aromatic carbocycles. The fourth-order valence-electron chi connectivity index (χ4n) is 1.81. The molecule has 0 saturated carbocycles. The second-order valence-electron chi connectivity index (χ2n) is 3.97. The van der Waals surface area contributed by atoms with Crippen LogP contribution >= 0.6 is 0 Å². The van der Waals surface area contributed by atoms with Crippen LogP contribution in [0.2, 0.25) is 0 Å². The van der Waals surface area contributed by atoms with Gasteiger partial charge in [0, 0.05) is 12.0 Å². The lowest BCUT2D eigenvalue weighted by Crippen LogP contribution is -2.00. The van der Waals surface area contributed by atoms with Crippen molar-refractivity contribution in [3.05, 3.63) is 59.0 Å². The van der Waals surface area contributed by atoms with Crippen molar-refractivity contribution in [1.82, 2.24) is 0 Å². The Labute approximate surface area is 95.5 Å². The first-order valence-corrected chi connectivity index (χ1v) is 5.53. The monoisotopic (exact) mass is 216 g/mol. The quantitative estimate of drug-likeness (QED) is 0.854. The highest BCUT2D eigenvalue weighted by Gasteiger charge is 2.15. The van der Waals surface area contributed by atoms with Crippen molar-refractivity contribution in [2.75, 3.05) is 0 Å². The number of benzene rings is 1. The van der Waals surface area contributed by atoms with Crippen LogP contribution < -0.4 is 0 Å². The summed E-state index contributed by atoms with van der Waals surface area (Å²) in [6.07, 6.45) is 1.84. The Morgan fingerprint density at radius 2 is 1.88 bits per heavy atom. The van der Waals surface area contributed by atoms with Gasteiger partial charge in [0.25, 0.3) is 0 Å². The maximum atomic E-state index is 10.2. The molecule has 0 radical (unpaired) electrons. The van der Waals surface area contributed by atoms with Crippen LogP contribution in [-0.4, -0.2) is 5.11 Å². The van der Waals surface area contributed by atoms with E-state index in [2.05, 4.69) is 0 Å². The van der Waals surface area contributed by atoms with Crippen LogP contribution in [0.5, 0.6) is 0 Å². The number of aliphatic hydroxyl groups is 1. The smallest absolute Gasteiger partial charge is 0.109 e. The van der Waals surface area contributed by atoms with E-state index in [-0.39, 0.29) is 0 Å². The molecular weight excluding hydrogens is 200 g/mol. The summed E-state index contributed by atoms with van der Waals surface area (Å²) in [4.78, 5) is 0. The first-order chi connectivity index (χ1) is 7.72. The maximum Gasteiger partial charge on any atom is 0.109 e. The highest BCUT2D eigenvalue weighted by molar-refractivity contribution is 5.32. The van der Waals surface area contributed by atoms with Crippen LogP contribution in [0.4, 0.5) is 0 Å². The van der Waals surface area contributed by atoms with Gasteiger partial charge in [0.2, 0.25) is 0 Å². The summed E-state index contributed by atoms with van der Waals surface area (Å²) in [6, 6.07) is 9.75. The lowest BCUT2D eigenvalue weighted by molar-refractivity contribution is 0.217. The van der Waals surface area contributed by atoms with Crippen LogP contribution in [0.1, 0.15) is 35.5 Å². The molecule has 0 aliphatic heterocycles. The van der Waals surface area contributed by atoms with E-state index in [9.17, 15) is 5.11 Å². The van der Waals surface area contributed by atoms with Crippen LogP contribution in [0.25, 0.3) is 0 Å². The molecule has 1 aromatic heterocycles. The van der Waals surface area contributed by atoms with Gasteiger partial charge in [-0.2, -0.15) is 0 Å². The molecule has 0 aliphatic rings. The fraction of sp³-hybridized carbons (Fsp3) is 0.286. The predicted octanol–water partition coefficient (Wildman–Crippen LogP) is 3.23. The molecule has 84 valence electrons. The molecule has 0 fully saturated rings. The van der Waals surface area contributed by atoms with E-state index in [1.54, 1.807) is 6.26 Å². The van der Waals surface area contributed by atoms with Crippen LogP contribution in [0.3, 0.4) is 0 Å². The summed E-state index contributed by atoms with van der Waals surface area (Å²) in [5.41, 5.74) is 2.96. The first kappa shape index (κ1) is 11.0. The molecule has 16 heavy (non-hydrogen) atoms. The van der Waals surface area contributed by atoms with Crippen molar-refractivity contribution in [2.24, 2.45) is 0 Å². The van der Waals surface area contributed by atoms with E-state index in [1.165, 1.54) is 5.56 Å². The summed E-state index contributed by atoms with van der Waals surface area (Å²) in [5, 5.41) is 10.2. The Kier molecular flexibility index (Phi) is 3.11. The third-order valence-corrected chi connectivity index (χ3v) is 2.79. The molecule has 1 N–H and O–H groups in total. The Bertz CT molecular complexity index is 454. The summed E-state index contributed by atoms with van der Waals surface area (Å²) >= 11 is 0. The highest BCUT2D eigenvalue weighted by atomic mass is 16.3. The van der Waals surface area contributed by atoms with Crippen LogP contribution in [-0.2, 0) is 6.42 Å². The van der Waals surface area contributed by atoms with E-state index in [0.29, 0.717) is 0 Å². The minimum Gasteiger partial charge on any atom is -0.469 e. The normalized spacial score (nSPS) is 12.7. The lowest BCUT2D eigenvalue weighted by atomic mass is 10.0. The SMILES string of the molecule is CCc1occc1C(O)c1ccc(C)cc1. The third-order valence-electron chi connectivity index (χ3n) is 2.79. The van der Waals surface area contributed by atoms with Gasteiger partial charge in [-0.25, -0.2) is 0 Å². The van der Waals surface area contributed by atoms with Gasteiger partial charge in [0.1, 0.15) is 11.9 Å². The summed E-state index contributed by atoms with van der Waals surface area (Å²) in [5.74, 6) is 0.855. The zero-order valence-electron chi connectivity index (χ0n) is 9.60. The average Bonchev–Trinajstić information content (AvgIpc) is 2.77. The van der Waals surface area contributed by atoms with Crippen molar-refractivity contribution < 1.29 is 9.52 Å². The van der Waals surface area contributed by atoms with Crippen LogP contribution in [0, 0.1) is 6.92 Å². The molecule has 0 aliphatic carbocycles. The minimum absolute atomic E-state index is 0.589. The Hall–Kier alpha value is -1.54. The van der Waals surface area contributed by atoms with Crippen molar-refractivity contribution in [1.29, 1.82) is 0 Å². The van der Waals surface area contributed by atoms with Crippen molar-refractivity contribution in [3.63, 3.8) is 0 Å².